The fourth-order valence-electron chi connectivity index (χ4n) is 1.69. The quantitative estimate of drug-likeness (QED) is 0.725. The van der Waals surface area contributed by atoms with Gasteiger partial charge in [-0.1, -0.05) is 23.7 Å². The second kappa shape index (κ2) is 8.48. The molecule has 0 saturated heterocycles. The third kappa shape index (κ3) is 5.50. The van der Waals surface area contributed by atoms with E-state index in [1.165, 1.54) is 5.56 Å². The summed E-state index contributed by atoms with van der Waals surface area (Å²) in [5.74, 6) is 0.315. The van der Waals surface area contributed by atoms with E-state index < -0.39 is 0 Å². The SMILES string of the molecule is COCCNCC(COC)c1cccc(Cl)c1. The van der Waals surface area contributed by atoms with Crippen molar-refractivity contribution in [3.8, 4) is 0 Å². The van der Waals surface area contributed by atoms with Gasteiger partial charge in [-0.25, -0.2) is 0 Å². The maximum Gasteiger partial charge on any atom is 0.0587 e. The number of hydrogen-bond donors (Lipinski definition) is 1. The number of ether oxygens (including phenoxy) is 2. The first kappa shape index (κ1) is 14.5. The molecule has 0 aliphatic heterocycles. The van der Waals surface area contributed by atoms with Crippen molar-refractivity contribution in [2.75, 3.05) is 40.5 Å². The highest BCUT2D eigenvalue weighted by Gasteiger charge is 2.11. The number of nitrogens with one attached hydrogen (secondary N) is 1. The van der Waals surface area contributed by atoms with Crippen LogP contribution in [0.1, 0.15) is 11.5 Å². The Labute approximate surface area is 108 Å². The molecule has 0 heterocycles. The Kier molecular flexibility index (Phi) is 7.21. The van der Waals surface area contributed by atoms with Crippen molar-refractivity contribution >= 4 is 11.6 Å². The lowest BCUT2D eigenvalue weighted by atomic mass is 10.00. The number of halogens is 1. The van der Waals surface area contributed by atoms with E-state index in [4.69, 9.17) is 21.1 Å². The fraction of sp³-hybridized carbons (Fsp3) is 0.538. The van der Waals surface area contributed by atoms with Gasteiger partial charge in [0.2, 0.25) is 0 Å². The van der Waals surface area contributed by atoms with Crippen LogP contribution in [0.3, 0.4) is 0 Å². The summed E-state index contributed by atoms with van der Waals surface area (Å²) in [5.41, 5.74) is 1.20. The molecule has 1 aromatic carbocycles. The minimum Gasteiger partial charge on any atom is -0.384 e. The third-order valence-electron chi connectivity index (χ3n) is 2.56. The maximum absolute atomic E-state index is 5.99. The summed E-state index contributed by atoms with van der Waals surface area (Å²) in [7, 11) is 3.41. The molecule has 0 saturated carbocycles. The van der Waals surface area contributed by atoms with E-state index in [9.17, 15) is 0 Å². The van der Waals surface area contributed by atoms with Crippen LogP contribution in [0, 0.1) is 0 Å². The molecule has 1 N–H and O–H groups in total. The second-order valence-electron chi connectivity index (χ2n) is 3.90. The molecule has 4 heteroatoms. The van der Waals surface area contributed by atoms with Crippen LogP contribution in [0.15, 0.2) is 24.3 Å². The number of benzene rings is 1. The van der Waals surface area contributed by atoms with Crippen molar-refractivity contribution in [3.05, 3.63) is 34.9 Å². The van der Waals surface area contributed by atoms with Crippen LogP contribution >= 0.6 is 11.6 Å². The van der Waals surface area contributed by atoms with Crippen LogP contribution in [0.5, 0.6) is 0 Å². The molecule has 17 heavy (non-hydrogen) atoms. The van der Waals surface area contributed by atoms with Crippen LogP contribution in [0.4, 0.5) is 0 Å². The molecule has 0 radical (unpaired) electrons. The molecule has 0 aliphatic rings. The van der Waals surface area contributed by atoms with Gasteiger partial charge in [0.05, 0.1) is 13.2 Å². The normalized spacial score (nSPS) is 12.6. The Morgan fingerprint density at radius 3 is 2.76 bits per heavy atom. The third-order valence-corrected chi connectivity index (χ3v) is 2.80. The molecule has 0 aliphatic carbocycles. The zero-order valence-corrected chi connectivity index (χ0v) is 11.2. The lowest BCUT2D eigenvalue weighted by Gasteiger charge is -2.17. The summed E-state index contributed by atoms with van der Waals surface area (Å²) in [6.07, 6.45) is 0. The lowest BCUT2D eigenvalue weighted by Crippen LogP contribution is -2.27. The first-order valence-electron chi connectivity index (χ1n) is 5.72. The van der Waals surface area contributed by atoms with Crippen molar-refractivity contribution in [3.63, 3.8) is 0 Å². The Bertz CT molecular complexity index is 320. The average molecular weight is 258 g/mol. The van der Waals surface area contributed by atoms with Gasteiger partial charge in [0, 0.05) is 38.2 Å². The molecule has 96 valence electrons. The molecule has 0 aromatic heterocycles. The van der Waals surface area contributed by atoms with Crippen LogP contribution < -0.4 is 5.32 Å². The molecule has 0 spiro atoms. The summed E-state index contributed by atoms with van der Waals surface area (Å²) in [6.45, 7) is 3.10. The number of methoxy groups -OCH3 is 2. The highest BCUT2D eigenvalue weighted by molar-refractivity contribution is 6.30. The summed E-state index contributed by atoms with van der Waals surface area (Å²) in [6, 6.07) is 7.92. The lowest BCUT2D eigenvalue weighted by molar-refractivity contribution is 0.172. The number of rotatable bonds is 8. The van der Waals surface area contributed by atoms with Crippen LogP contribution in [-0.2, 0) is 9.47 Å². The Balaban J connectivity index is 2.52. The van der Waals surface area contributed by atoms with E-state index in [1.54, 1.807) is 14.2 Å². The minimum absolute atomic E-state index is 0.315. The maximum atomic E-state index is 5.99. The van der Waals surface area contributed by atoms with Gasteiger partial charge in [-0.15, -0.1) is 0 Å². The van der Waals surface area contributed by atoms with Gasteiger partial charge in [0.15, 0.2) is 0 Å². The molecule has 3 nitrogen and oxygen atoms in total. The largest absolute Gasteiger partial charge is 0.384 e. The predicted molar refractivity (Wildman–Crippen MR) is 70.8 cm³/mol. The first-order chi connectivity index (χ1) is 8.27. The standard InChI is InChI=1S/C13H20ClNO2/c1-16-7-6-15-9-12(10-17-2)11-4-3-5-13(14)8-11/h3-5,8,12,15H,6-7,9-10H2,1-2H3. The molecule has 1 aromatic rings. The fourth-order valence-corrected chi connectivity index (χ4v) is 1.88. The van der Waals surface area contributed by atoms with Crippen LogP contribution in [0.25, 0.3) is 0 Å². The average Bonchev–Trinajstić information content (AvgIpc) is 2.33. The Morgan fingerprint density at radius 1 is 1.29 bits per heavy atom. The van der Waals surface area contributed by atoms with E-state index in [-0.39, 0.29) is 0 Å². The summed E-state index contributed by atoms with van der Waals surface area (Å²) in [5, 5.41) is 4.11. The van der Waals surface area contributed by atoms with Crippen molar-refractivity contribution in [2.45, 2.75) is 5.92 Å². The van der Waals surface area contributed by atoms with E-state index in [0.29, 0.717) is 12.5 Å². The van der Waals surface area contributed by atoms with E-state index in [0.717, 1.165) is 24.7 Å². The second-order valence-corrected chi connectivity index (χ2v) is 4.34. The molecule has 0 bridgehead atoms. The van der Waals surface area contributed by atoms with Crippen molar-refractivity contribution in [1.29, 1.82) is 0 Å². The van der Waals surface area contributed by atoms with Gasteiger partial charge >= 0.3 is 0 Å². The molecule has 1 atom stereocenters. The summed E-state index contributed by atoms with van der Waals surface area (Å²) >= 11 is 5.99. The molecular formula is C13H20ClNO2. The van der Waals surface area contributed by atoms with E-state index in [2.05, 4.69) is 11.4 Å². The Hall–Kier alpha value is -0.610. The number of hydrogen-bond acceptors (Lipinski definition) is 3. The molecule has 1 rings (SSSR count). The first-order valence-corrected chi connectivity index (χ1v) is 6.09. The predicted octanol–water partition coefficient (Wildman–Crippen LogP) is 2.31. The molecule has 0 amide bonds. The summed E-state index contributed by atoms with van der Waals surface area (Å²) in [4.78, 5) is 0. The summed E-state index contributed by atoms with van der Waals surface area (Å²) < 4.78 is 10.2. The van der Waals surface area contributed by atoms with Crippen LogP contribution in [0.2, 0.25) is 5.02 Å². The van der Waals surface area contributed by atoms with Crippen molar-refractivity contribution < 1.29 is 9.47 Å². The van der Waals surface area contributed by atoms with Gasteiger partial charge in [-0.2, -0.15) is 0 Å². The molecule has 1 unspecified atom stereocenters. The Morgan fingerprint density at radius 2 is 2.12 bits per heavy atom. The molecular weight excluding hydrogens is 238 g/mol. The van der Waals surface area contributed by atoms with Gasteiger partial charge in [0.1, 0.15) is 0 Å². The topological polar surface area (TPSA) is 30.5 Å². The molecule has 0 fully saturated rings. The smallest absolute Gasteiger partial charge is 0.0587 e. The zero-order chi connectivity index (χ0) is 12.5. The highest BCUT2D eigenvalue weighted by atomic mass is 35.5. The van der Waals surface area contributed by atoms with E-state index in [1.807, 2.05) is 18.2 Å². The minimum atomic E-state index is 0.315. The van der Waals surface area contributed by atoms with Gasteiger partial charge in [0.25, 0.3) is 0 Å². The highest BCUT2D eigenvalue weighted by Crippen LogP contribution is 2.19. The zero-order valence-electron chi connectivity index (χ0n) is 10.4. The van der Waals surface area contributed by atoms with Crippen molar-refractivity contribution in [1.82, 2.24) is 5.32 Å². The van der Waals surface area contributed by atoms with Crippen molar-refractivity contribution in [2.24, 2.45) is 0 Å². The van der Waals surface area contributed by atoms with Gasteiger partial charge in [-0.05, 0) is 17.7 Å². The van der Waals surface area contributed by atoms with Gasteiger partial charge < -0.3 is 14.8 Å². The monoisotopic (exact) mass is 257 g/mol. The van der Waals surface area contributed by atoms with Crippen LogP contribution in [-0.4, -0.2) is 40.5 Å². The van der Waals surface area contributed by atoms with Gasteiger partial charge in [-0.3, -0.25) is 0 Å². The van der Waals surface area contributed by atoms with E-state index >= 15 is 0 Å².